The normalized spacial score (nSPS) is 10.1. The van der Waals surface area contributed by atoms with Crippen LogP contribution >= 0.6 is 0 Å². The summed E-state index contributed by atoms with van der Waals surface area (Å²) in [6.07, 6.45) is 0.418. The Labute approximate surface area is 143 Å². The first-order chi connectivity index (χ1) is 12.0. The summed E-state index contributed by atoms with van der Waals surface area (Å²) in [5.74, 6) is -1.35. The van der Waals surface area contributed by atoms with Gasteiger partial charge in [0, 0.05) is 12.5 Å². The van der Waals surface area contributed by atoms with E-state index in [4.69, 9.17) is 9.84 Å². The highest BCUT2D eigenvalue weighted by molar-refractivity contribution is 6.00. The van der Waals surface area contributed by atoms with Crippen molar-refractivity contribution >= 4 is 23.3 Å². The van der Waals surface area contributed by atoms with Gasteiger partial charge in [-0.1, -0.05) is 24.3 Å². The van der Waals surface area contributed by atoms with Crippen molar-refractivity contribution in [1.29, 1.82) is 0 Å². The van der Waals surface area contributed by atoms with E-state index in [9.17, 15) is 19.7 Å². The minimum Gasteiger partial charge on any atom is -0.487 e. The lowest BCUT2D eigenvalue weighted by Gasteiger charge is -2.09. The second kappa shape index (κ2) is 8.44. The highest BCUT2D eigenvalue weighted by Gasteiger charge is 2.14. The van der Waals surface area contributed by atoms with E-state index < -0.39 is 10.9 Å². The number of ether oxygens (including phenoxy) is 1. The maximum absolute atomic E-state index is 11.9. The Bertz CT molecular complexity index is 790. The number of hydrogen-bond donors (Lipinski definition) is 2. The molecule has 0 aliphatic carbocycles. The molecule has 0 aliphatic heterocycles. The van der Waals surface area contributed by atoms with Crippen molar-refractivity contribution < 1.29 is 24.4 Å². The minimum atomic E-state index is -1.13. The number of carboxylic acids is 1. The number of carbonyl (C=O) groups is 2. The summed E-state index contributed by atoms with van der Waals surface area (Å²) in [6, 6.07) is 12.1. The molecule has 0 atom stereocenters. The van der Waals surface area contributed by atoms with Crippen molar-refractivity contribution in [2.24, 2.45) is 0 Å². The van der Waals surface area contributed by atoms with E-state index in [1.54, 1.807) is 24.3 Å². The second-order valence-electron chi connectivity index (χ2n) is 5.08. The largest absolute Gasteiger partial charge is 0.487 e. The number of nitrogens with one attached hydrogen (secondary N) is 1. The van der Waals surface area contributed by atoms with Crippen LogP contribution in [-0.2, 0) is 4.79 Å². The zero-order valence-corrected chi connectivity index (χ0v) is 13.2. The van der Waals surface area contributed by atoms with E-state index in [2.05, 4.69) is 5.32 Å². The third kappa shape index (κ3) is 5.03. The predicted octanol–water partition coefficient (Wildman–Crippen LogP) is 3.09. The maximum atomic E-state index is 11.9. The third-order valence-electron chi connectivity index (χ3n) is 3.30. The molecule has 1 amide bonds. The summed E-state index contributed by atoms with van der Waals surface area (Å²) in [4.78, 5) is 33.3. The molecule has 0 fully saturated rings. The van der Waals surface area contributed by atoms with Crippen molar-refractivity contribution in [3.8, 4) is 5.75 Å². The molecule has 2 aromatic rings. The molecule has 0 heterocycles. The fourth-order valence-corrected chi connectivity index (χ4v) is 2.14. The Balaban J connectivity index is 1.84. The molecule has 0 saturated heterocycles. The Kier molecular flexibility index (Phi) is 6.05. The Morgan fingerprint density at radius 1 is 1.12 bits per heavy atom. The molecule has 2 aromatic carbocycles. The summed E-state index contributed by atoms with van der Waals surface area (Å²) in [6.45, 7) is 0.124. The number of nitro groups is 1. The average molecular weight is 344 g/mol. The van der Waals surface area contributed by atoms with Gasteiger partial charge in [-0.25, -0.2) is 4.79 Å². The van der Waals surface area contributed by atoms with Gasteiger partial charge >= 0.3 is 11.7 Å². The SMILES string of the molecule is O=C(CCCOc1ccccc1[N+](=O)[O-])Nc1ccccc1C(=O)O. The predicted molar refractivity (Wildman–Crippen MR) is 89.9 cm³/mol. The van der Waals surface area contributed by atoms with Gasteiger partial charge in [0.2, 0.25) is 5.91 Å². The average Bonchev–Trinajstić information content (AvgIpc) is 2.59. The second-order valence-corrected chi connectivity index (χ2v) is 5.08. The van der Waals surface area contributed by atoms with E-state index in [0.29, 0.717) is 6.42 Å². The number of amides is 1. The molecule has 0 aromatic heterocycles. The van der Waals surface area contributed by atoms with Crippen LogP contribution in [0.1, 0.15) is 23.2 Å². The molecule has 0 bridgehead atoms. The van der Waals surface area contributed by atoms with Gasteiger partial charge in [-0.3, -0.25) is 14.9 Å². The molecule has 8 nitrogen and oxygen atoms in total. The highest BCUT2D eigenvalue weighted by Crippen LogP contribution is 2.25. The fraction of sp³-hybridized carbons (Fsp3) is 0.176. The number of carbonyl (C=O) groups excluding carboxylic acids is 1. The lowest BCUT2D eigenvalue weighted by molar-refractivity contribution is -0.385. The maximum Gasteiger partial charge on any atom is 0.337 e. The molecule has 2 N–H and O–H groups in total. The van der Waals surface area contributed by atoms with Gasteiger partial charge in [0.25, 0.3) is 0 Å². The van der Waals surface area contributed by atoms with Crippen LogP contribution in [0.25, 0.3) is 0 Å². The molecule has 0 aliphatic rings. The first kappa shape index (κ1) is 17.9. The Morgan fingerprint density at radius 2 is 1.80 bits per heavy atom. The van der Waals surface area contributed by atoms with Crippen LogP contribution in [0.15, 0.2) is 48.5 Å². The standard InChI is InChI=1S/C17H16N2O6/c20-16(18-13-7-2-1-6-12(13)17(21)22)10-5-11-25-15-9-4-3-8-14(15)19(23)24/h1-4,6-9H,5,10-11H2,(H,18,20)(H,21,22). The lowest BCUT2D eigenvalue weighted by atomic mass is 10.1. The van der Waals surface area contributed by atoms with E-state index in [1.165, 1.54) is 24.3 Å². The molecule has 0 unspecified atom stereocenters. The first-order valence-corrected chi connectivity index (χ1v) is 7.47. The molecule has 0 saturated carbocycles. The number of carboxylic acid groups (broad SMARTS) is 1. The topological polar surface area (TPSA) is 119 Å². The number of nitrogens with zero attached hydrogens (tertiary/aromatic N) is 1. The lowest BCUT2D eigenvalue weighted by Crippen LogP contribution is -2.15. The van der Waals surface area contributed by atoms with Crippen LogP contribution < -0.4 is 10.1 Å². The van der Waals surface area contributed by atoms with Crippen molar-refractivity contribution in [2.75, 3.05) is 11.9 Å². The van der Waals surface area contributed by atoms with Crippen LogP contribution in [0, 0.1) is 10.1 Å². The van der Waals surface area contributed by atoms with Crippen LogP contribution in [0.4, 0.5) is 11.4 Å². The van der Waals surface area contributed by atoms with Crippen LogP contribution in [0.5, 0.6) is 5.75 Å². The first-order valence-electron chi connectivity index (χ1n) is 7.47. The molecule has 2 rings (SSSR count). The number of rotatable bonds is 8. The zero-order valence-electron chi connectivity index (χ0n) is 13.2. The quantitative estimate of drug-likeness (QED) is 0.431. The highest BCUT2D eigenvalue weighted by atomic mass is 16.6. The molecular formula is C17H16N2O6. The van der Waals surface area contributed by atoms with Crippen LogP contribution in [-0.4, -0.2) is 28.5 Å². The number of benzene rings is 2. The third-order valence-corrected chi connectivity index (χ3v) is 3.30. The summed E-state index contributed by atoms with van der Waals surface area (Å²) < 4.78 is 5.35. The van der Waals surface area contributed by atoms with Crippen molar-refractivity contribution in [1.82, 2.24) is 0 Å². The number of nitro benzene ring substituents is 1. The van der Waals surface area contributed by atoms with E-state index in [0.717, 1.165) is 0 Å². The van der Waals surface area contributed by atoms with Crippen LogP contribution in [0.3, 0.4) is 0 Å². The Hall–Kier alpha value is -3.42. The van der Waals surface area contributed by atoms with Crippen molar-refractivity contribution in [3.63, 3.8) is 0 Å². The molecule has 25 heavy (non-hydrogen) atoms. The smallest absolute Gasteiger partial charge is 0.337 e. The zero-order chi connectivity index (χ0) is 18.2. The summed E-state index contributed by atoms with van der Waals surface area (Å²) >= 11 is 0. The molecule has 130 valence electrons. The Morgan fingerprint density at radius 3 is 2.52 bits per heavy atom. The van der Waals surface area contributed by atoms with E-state index in [1.807, 2.05) is 0 Å². The molecule has 0 radical (unpaired) electrons. The summed E-state index contributed by atoms with van der Waals surface area (Å²) in [7, 11) is 0. The summed E-state index contributed by atoms with van der Waals surface area (Å²) in [5, 5.41) is 22.5. The van der Waals surface area contributed by atoms with Gasteiger partial charge in [-0.05, 0) is 24.6 Å². The minimum absolute atomic E-state index is 0.00649. The number of hydrogen-bond acceptors (Lipinski definition) is 5. The fourth-order valence-electron chi connectivity index (χ4n) is 2.14. The number of anilines is 1. The monoisotopic (exact) mass is 344 g/mol. The van der Waals surface area contributed by atoms with E-state index >= 15 is 0 Å². The van der Waals surface area contributed by atoms with Gasteiger partial charge in [0.15, 0.2) is 5.75 Å². The van der Waals surface area contributed by atoms with Gasteiger partial charge in [0.05, 0.1) is 22.8 Å². The van der Waals surface area contributed by atoms with Gasteiger partial charge in [-0.15, -0.1) is 0 Å². The van der Waals surface area contributed by atoms with Crippen molar-refractivity contribution in [3.05, 3.63) is 64.2 Å². The van der Waals surface area contributed by atoms with Crippen molar-refractivity contribution in [2.45, 2.75) is 12.8 Å². The molecule has 8 heteroatoms. The van der Waals surface area contributed by atoms with Gasteiger partial charge < -0.3 is 15.2 Å². The van der Waals surface area contributed by atoms with Gasteiger partial charge in [0.1, 0.15) is 0 Å². The van der Waals surface area contributed by atoms with E-state index in [-0.39, 0.29) is 41.6 Å². The van der Waals surface area contributed by atoms with Gasteiger partial charge in [-0.2, -0.15) is 0 Å². The summed E-state index contributed by atoms with van der Waals surface area (Å²) in [5.41, 5.74) is 0.0916. The molecular weight excluding hydrogens is 328 g/mol. The van der Waals surface area contributed by atoms with Crippen LogP contribution in [0.2, 0.25) is 0 Å². The number of para-hydroxylation sites is 3. The number of aromatic carboxylic acids is 1. The molecule has 0 spiro atoms.